The molecule has 0 amide bonds. The van der Waals surface area contributed by atoms with Gasteiger partial charge in [0.2, 0.25) is 0 Å². The summed E-state index contributed by atoms with van der Waals surface area (Å²) >= 11 is 0. The molecule has 0 aliphatic carbocycles. The lowest BCUT2D eigenvalue weighted by molar-refractivity contribution is 0.470. The van der Waals surface area contributed by atoms with Gasteiger partial charge >= 0.3 is 0 Å². The molecule has 1 unspecified atom stereocenters. The van der Waals surface area contributed by atoms with Gasteiger partial charge in [-0.1, -0.05) is 25.1 Å². The Morgan fingerprint density at radius 3 is 2.95 bits per heavy atom. The summed E-state index contributed by atoms with van der Waals surface area (Å²) in [6, 6.07) is 12.8. The van der Waals surface area contributed by atoms with E-state index in [0.717, 1.165) is 35.4 Å². The maximum Gasteiger partial charge on any atom is 0.134 e. The number of nitrogens with one attached hydrogen (secondary N) is 1. The summed E-state index contributed by atoms with van der Waals surface area (Å²) in [5.74, 6) is 1.94. The molecule has 0 aliphatic rings. The van der Waals surface area contributed by atoms with Crippen molar-refractivity contribution in [3.05, 3.63) is 54.6 Å². The minimum absolute atomic E-state index is 0.422. The molecule has 3 rings (SSSR count). The SMILES string of the molecule is CCNC(C)Cc1ccc(-c2cccc3cnccc23)o1. The second-order valence-electron chi connectivity index (χ2n) is 5.33. The highest BCUT2D eigenvalue weighted by molar-refractivity contribution is 5.94. The molecular formula is C18H20N2O. The Morgan fingerprint density at radius 1 is 1.19 bits per heavy atom. The highest BCUT2D eigenvalue weighted by Gasteiger charge is 2.10. The molecule has 3 heteroatoms. The van der Waals surface area contributed by atoms with Gasteiger partial charge < -0.3 is 9.73 Å². The molecule has 0 aliphatic heterocycles. The summed E-state index contributed by atoms with van der Waals surface area (Å²) in [5.41, 5.74) is 1.12. The average Bonchev–Trinajstić information content (AvgIpc) is 2.95. The first-order valence-corrected chi connectivity index (χ1v) is 7.43. The normalized spacial score (nSPS) is 12.7. The number of rotatable bonds is 5. The third kappa shape index (κ3) is 2.98. The number of likely N-dealkylation sites (N-methyl/N-ethyl adjacent to an activating group) is 1. The number of benzene rings is 1. The molecule has 3 nitrogen and oxygen atoms in total. The van der Waals surface area contributed by atoms with Gasteiger partial charge in [0, 0.05) is 35.8 Å². The summed E-state index contributed by atoms with van der Waals surface area (Å²) in [6.45, 7) is 5.27. The van der Waals surface area contributed by atoms with Gasteiger partial charge in [-0.05, 0) is 37.1 Å². The van der Waals surface area contributed by atoms with E-state index in [1.165, 1.54) is 5.39 Å². The van der Waals surface area contributed by atoms with Crippen LogP contribution in [-0.4, -0.2) is 17.6 Å². The number of furan rings is 1. The van der Waals surface area contributed by atoms with Crippen molar-refractivity contribution in [1.29, 1.82) is 0 Å². The Balaban J connectivity index is 1.91. The monoisotopic (exact) mass is 280 g/mol. The van der Waals surface area contributed by atoms with Crippen molar-refractivity contribution in [2.45, 2.75) is 26.3 Å². The molecule has 1 atom stereocenters. The quantitative estimate of drug-likeness (QED) is 0.766. The van der Waals surface area contributed by atoms with Gasteiger partial charge in [-0.15, -0.1) is 0 Å². The minimum atomic E-state index is 0.422. The molecule has 2 aromatic heterocycles. The van der Waals surface area contributed by atoms with Crippen molar-refractivity contribution >= 4 is 10.8 Å². The number of nitrogens with zero attached hydrogens (tertiary/aromatic N) is 1. The van der Waals surface area contributed by atoms with Crippen molar-refractivity contribution in [2.75, 3.05) is 6.54 Å². The maximum absolute atomic E-state index is 6.03. The summed E-state index contributed by atoms with van der Waals surface area (Å²) < 4.78 is 6.03. The molecule has 0 fully saturated rings. The predicted molar refractivity (Wildman–Crippen MR) is 86.3 cm³/mol. The maximum atomic E-state index is 6.03. The van der Waals surface area contributed by atoms with E-state index in [4.69, 9.17) is 4.42 Å². The smallest absolute Gasteiger partial charge is 0.134 e. The lowest BCUT2D eigenvalue weighted by Crippen LogP contribution is -2.27. The van der Waals surface area contributed by atoms with Crippen molar-refractivity contribution in [3.8, 4) is 11.3 Å². The van der Waals surface area contributed by atoms with Gasteiger partial charge in [0.15, 0.2) is 0 Å². The number of pyridine rings is 1. The van der Waals surface area contributed by atoms with E-state index in [1.807, 2.05) is 24.5 Å². The molecule has 0 radical (unpaired) electrons. The van der Waals surface area contributed by atoms with E-state index >= 15 is 0 Å². The number of hydrogen-bond acceptors (Lipinski definition) is 3. The molecule has 1 aromatic carbocycles. The first-order chi connectivity index (χ1) is 10.3. The highest BCUT2D eigenvalue weighted by atomic mass is 16.3. The van der Waals surface area contributed by atoms with Crippen LogP contribution in [0.1, 0.15) is 19.6 Å². The zero-order valence-corrected chi connectivity index (χ0v) is 12.5. The Morgan fingerprint density at radius 2 is 2.10 bits per heavy atom. The van der Waals surface area contributed by atoms with E-state index in [0.29, 0.717) is 6.04 Å². The fraction of sp³-hybridized carbons (Fsp3) is 0.278. The fourth-order valence-electron chi connectivity index (χ4n) is 2.69. The molecule has 108 valence electrons. The molecule has 0 bridgehead atoms. The Hall–Kier alpha value is -2.13. The molecule has 1 N–H and O–H groups in total. The van der Waals surface area contributed by atoms with Crippen molar-refractivity contribution < 1.29 is 4.42 Å². The van der Waals surface area contributed by atoms with Crippen LogP contribution in [0.15, 0.2) is 53.2 Å². The Bertz CT molecular complexity index is 727. The highest BCUT2D eigenvalue weighted by Crippen LogP contribution is 2.29. The summed E-state index contributed by atoms with van der Waals surface area (Å²) in [7, 11) is 0. The zero-order valence-electron chi connectivity index (χ0n) is 12.5. The molecule has 0 spiro atoms. The van der Waals surface area contributed by atoms with E-state index in [1.54, 1.807) is 0 Å². The van der Waals surface area contributed by atoms with Gasteiger partial charge in [-0.2, -0.15) is 0 Å². The standard InChI is InChI=1S/C18H20N2O/c1-3-20-13(2)11-15-7-8-18(21-15)17-6-4-5-14-12-19-10-9-16(14)17/h4-10,12-13,20H,3,11H2,1-2H3. The molecule has 2 heterocycles. The lowest BCUT2D eigenvalue weighted by Gasteiger charge is -2.09. The summed E-state index contributed by atoms with van der Waals surface area (Å²) in [5, 5.41) is 5.71. The second kappa shape index (κ2) is 6.10. The molecule has 0 saturated carbocycles. The Kier molecular flexibility index (Phi) is 4.02. The summed E-state index contributed by atoms with van der Waals surface area (Å²) in [4.78, 5) is 4.17. The summed E-state index contributed by atoms with van der Waals surface area (Å²) in [6.07, 6.45) is 4.61. The first-order valence-electron chi connectivity index (χ1n) is 7.43. The van der Waals surface area contributed by atoms with Gasteiger partial charge in [0.1, 0.15) is 11.5 Å². The van der Waals surface area contributed by atoms with Crippen LogP contribution in [-0.2, 0) is 6.42 Å². The second-order valence-corrected chi connectivity index (χ2v) is 5.33. The van der Waals surface area contributed by atoms with Crippen LogP contribution in [0.2, 0.25) is 0 Å². The molecular weight excluding hydrogens is 260 g/mol. The third-order valence-corrected chi connectivity index (χ3v) is 3.67. The topological polar surface area (TPSA) is 38.1 Å². The van der Waals surface area contributed by atoms with Crippen LogP contribution in [0, 0.1) is 0 Å². The molecule has 3 aromatic rings. The number of aromatic nitrogens is 1. The average molecular weight is 280 g/mol. The van der Waals surface area contributed by atoms with Crippen LogP contribution < -0.4 is 5.32 Å². The van der Waals surface area contributed by atoms with Crippen LogP contribution in [0.4, 0.5) is 0 Å². The van der Waals surface area contributed by atoms with E-state index < -0.39 is 0 Å². The van der Waals surface area contributed by atoms with Crippen LogP contribution >= 0.6 is 0 Å². The first kappa shape index (κ1) is 13.8. The third-order valence-electron chi connectivity index (χ3n) is 3.67. The predicted octanol–water partition coefficient (Wildman–Crippen LogP) is 4.04. The van der Waals surface area contributed by atoms with Crippen molar-refractivity contribution in [1.82, 2.24) is 10.3 Å². The largest absolute Gasteiger partial charge is 0.461 e. The van der Waals surface area contributed by atoms with Gasteiger partial charge in [0.25, 0.3) is 0 Å². The van der Waals surface area contributed by atoms with Gasteiger partial charge in [-0.3, -0.25) is 4.98 Å². The zero-order chi connectivity index (χ0) is 14.7. The van der Waals surface area contributed by atoms with Crippen LogP contribution in [0.5, 0.6) is 0 Å². The van der Waals surface area contributed by atoms with Gasteiger partial charge in [0.05, 0.1) is 0 Å². The molecule has 0 saturated heterocycles. The van der Waals surface area contributed by atoms with Crippen molar-refractivity contribution in [3.63, 3.8) is 0 Å². The van der Waals surface area contributed by atoms with Gasteiger partial charge in [-0.25, -0.2) is 0 Å². The van der Waals surface area contributed by atoms with E-state index in [-0.39, 0.29) is 0 Å². The lowest BCUT2D eigenvalue weighted by atomic mass is 10.1. The van der Waals surface area contributed by atoms with Crippen LogP contribution in [0.25, 0.3) is 22.1 Å². The van der Waals surface area contributed by atoms with Crippen LogP contribution in [0.3, 0.4) is 0 Å². The van der Waals surface area contributed by atoms with E-state index in [2.05, 4.69) is 48.4 Å². The van der Waals surface area contributed by atoms with E-state index in [9.17, 15) is 0 Å². The van der Waals surface area contributed by atoms with Crippen molar-refractivity contribution in [2.24, 2.45) is 0 Å². The number of fused-ring (bicyclic) bond motifs is 1. The number of hydrogen-bond donors (Lipinski definition) is 1. The molecule has 21 heavy (non-hydrogen) atoms. The Labute approximate surface area is 125 Å². The minimum Gasteiger partial charge on any atom is -0.461 e. The fourth-order valence-corrected chi connectivity index (χ4v) is 2.69.